The van der Waals surface area contributed by atoms with Crippen LogP contribution >= 0.6 is 0 Å². The van der Waals surface area contributed by atoms with Crippen molar-refractivity contribution in [1.29, 1.82) is 0 Å². The van der Waals surface area contributed by atoms with Crippen LogP contribution in [0.25, 0.3) is 16.7 Å². The molecule has 2 aromatic heterocycles. The van der Waals surface area contributed by atoms with Gasteiger partial charge in [-0.2, -0.15) is 13.2 Å². The summed E-state index contributed by atoms with van der Waals surface area (Å²) in [7, 11) is 1.65. The van der Waals surface area contributed by atoms with E-state index in [-0.39, 0.29) is 5.91 Å². The number of fused-ring (bicyclic) bond motifs is 1. The predicted octanol–water partition coefficient (Wildman–Crippen LogP) is 5.18. The Morgan fingerprint density at radius 2 is 1.75 bits per heavy atom. The van der Waals surface area contributed by atoms with Crippen molar-refractivity contribution < 1.29 is 18.0 Å². The van der Waals surface area contributed by atoms with Gasteiger partial charge in [0.05, 0.1) is 17.3 Å². The summed E-state index contributed by atoms with van der Waals surface area (Å²) in [6.07, 6.45) is -2.90. The summed E-state index contributed by atoms with van der Waals surface area (Å²) in [6, 6.07) is 13.8. The number of amides is 1. The molecular formula is C22H19F3N6O. The van der Waals surface area contributed by atoms with Gasteiger partial charge in [-0.25, -0.2) is 9.97 Å². The molecule has 0 spiro atoms. The van der Waals surface area contributed by atoms with E-state index in [2.05, 4.69) is 25.9 Å². The Labute approximate surface area is 181 Å². The number of carbonyl (C=O) groups excluding carboxylic acids is 1. The van der Waals surface area contributed by atoms with Crippen LogP contribution in [-0.2, 0) is 11.0 Å². The minimum atomic E-state index is -4.45. The third-order valence-electron chi connectivity index (χ3n) is 4.67. The molecule has 32 heavy (non-hydrogen) atoms. The number of carbonyl (C=O) groups is 1. The second kappa shape index (κ2) is 8.22. The molecule has 3 N–H and O–H groups in total. The standard InChI is InChI=1S/C22H19F3N6O/c1-13(32)28-15-6-8-16(9-7-15)29-20-11-19-18(12-27-20)30-21(26-2)31(19)17-5-3-4-14(10-17)22(23,24)25/h3-12H,1-2H3,(H,26,30)(H,27,29)(H,28,32). The highest BCUT2D eigenvalue weighted by atomic mass is 19.4. The van der Waals surface area contributed by atoms with Gasteiger partial charge in [0.15, 0.2) is 0 Å². The van der Waals surface area contributed by atoms with Crippen LogP contribution in [0.15, 0.2) is 60.8 Å². The molecule has 0 aliphatic heterocycles. The van der Waals surface area contributed by atoms with E-state index in [0.29, 0.717) is 34.2 Å². The molecule has 4 rings (SSSR count). The maximum Gasteiger partial charge on any atom is 0.416 e. The Morgan fingerprint density at radius 1 is 1.03 bits per heavy atom. The van der Waals surface area contributed by atoms with E-state index < -0.39 is 11.7 Å². The average molecular weight is 440 g/mol. The molecule has 0 unspecified atom stereocenters. The lowest BCUT2D eigenvalue weighted by Crippen LogP contribution is -2.07. The number of aromatic nitrogens is 3. The first-order chi connectivity index (χ1) is 15.2. The molecule has 2 heterocycles. The van der Waals surface area contributed by atoms with Crippen LogP contribution in [0.3, 0.4) is 0 Å². The Bertz CT molecular complexity index is 1280. The highest BCUT2D eigenvalue weighted by Gasteiger charge is 2.30. The molecule has 0 fully saturated rings. The average Bonchev–Trinajstić information content (AvgIpc) is 3.12. The normalized spacial score (nSPS) is 11.4. The second-order valence-electron chi connectivity index (χ2n) is 7.01. The number of hydrogen-bond acceptors (Lipinski definition) is 5. The molecule has 4 aromatic rings. The molecule has 7 nitrogen and oxygen atoms in total. The largest absolute Gasteiger partial charge is 0.416 e. The minimum Gasteiger partial charge on any atom is -0.358 e. The summed E-state index contributed by atoms with van der Waals surface area (Å²) in [6.45, 7) is 1.43. The van der Waals surface area contributed by atoms with E-state index in [1.807, 2.05) is 0 Å². The van der Waals surface area contributed by atoms with Crippen molar-refractivity contribution in [3.05, 3.63) is 66.4 Å². The molecule has 0 aliphatic rings. The number of benzene rings is 2. The number of imidazole rings is 1. The van der Waals surface area contributed by atoms with Gasteiger partial charge in [0.25, 0.3) is 0 Å². The molecule has 1 amide bonds. The molecule has 0 atom stereocenters. The first-order valence-corrected chi connectivity index (χ1v) is 9.63. The maximum absolute atomic E-state index is 13.2. The molecular weight excluding hydrogens is 421 g/mol. The van der Waals surface area contributed by atoms with Crippen molar-refractivity contribution in [1.82, 2.24) is 14.5 Å². The van der Waals surface area contributed by atoms with Crippen LogP contribution < -0.4 is 16.0 Å². The van der Waals surface area contributed by atoms with Gasteiger partial charge in [-0.3, -0.25) is 9.36 Å². The van der Waals surface area contributed by atoms with Crippen molar-refractivity contribution in [2.75, 3.05) is 23.0 Å². The SMILES string of the molecule is CNc1nc2cnc(Nc3ccc(NC(C)=O)cc3)cc2n1-c1cccc(C(F)(F)F)c1. The zero-order valence-corrected chi connectivity index (χ0v) is 17.2. The number of pyridine rings is 1. The van der Waals surface area contributed by atoms with Crippen molar-refractivity contribution in [2.45, 2.75) is 13.1 Å². The first kappa shape index (κ1) is 21.2. The lowest BCUT2D eigenvalue weighted by Gasteiger charge is -2.13. The summed E-state index contributed by atoms with van der Waals surface area (Å²) in [4.78, 5) is 19.9. The molecule has 10 heteroatoms. The third kappa shape index (κ3) is 4.34. The van der Waals surface area contributed by atoms with E-state index in [1.54, 1.807) is 54.2 Å². The van der Waals surface area contributed by atoms with Gasteiger partial charge in [0.2, 0.25) is 11.9 Å². The summed E-state index contributed by atoms with van der Waals surface area (Å²) in [5.74, 6) is 0.708. The molecule has 0 saturated carbocycles. The van der Waals surface area contributed by atoms with Crippen LogP contribution in [0.1, 0.15) is 12.5 Å². The number of anilines is 4. The van der Waals surface area contributed by atoms with Gasteiger partial charge in [-0.1, -0.05) is 6.07 Å². The zero-order valence-electron chi connectivity index (χ0n) is 17.2. The van der Waals surface area contributed by atoms with Crippen LogP contribution in [0, 0.1) is 0 Å². The summed E-state index contributed by atoms with van der Waals surface area (Å²) >= 11 is 0. The summed E-state index contributed by atoms with van der Waals surface area (Å²) in [5.41, 5.74) is 2.08. The smallest absolute Gasteiger partial charge is 0.358 e. The minimum absolute atomic E-state index is 0.166. The fraction of sp³-hybridized carbons (Fsp3) is 0.136. The molecule has 0 aliphatic carbocycles. The van der Waals surface area contributed by atoms with Gasteiger partial charge in [-0.15, -0.1) is 0 Å². The first-order valence-electron chi connectivity index (χ1n) is 9.63. The monoisotopic (exact) mass is 440 g/mol. The zero-order chi connectivity index (χ0) is 22.9. The molecule has 0 saturated heterocycles. The number of nitrogens with one attached hydrogen (secondary N) is 3. The Kier molecular flexibility index (Phi) is 5.43. The van der Waals surface area contributed by atoms with E-state index in [9.17, 15) is 18.0 Å². The predicted molar refractivity (Wildman–Crippen MR) is 117 cm³/mol. The van der Waals surface area contributed by atoms with E-state index >= 15 is 0 Å². The molecule has 0 radical (unpaired) electrons. The summed E-state index contributed by atoms with van der Waals surface area (Å²) in [5, 5.41) is 8.76. The Morgan fingerprint density at radius 3 is 2.41 bits per heavy atom. The van der Waals surface area contributed by atoms with Crippen LogP contribution in [0.5, 0.6) is 0 Å². The van der Waals surface area contributed by atoms with Gasteiger partial charge < -0.3 is 16.0 Å². The topological polar surface area (TPSA) is 83.9 Å². The summed E-state index contributed by atoms with van der Waals surface area (Å²) < 4.78 is 41.3. The molecule has 0 bridgehead atoms. The number of halogens is 3. The second-order valence-corrected chi connectivity index (χ2v) is 7.01. The Hall–Kier alpha value is -4.08. The highest BCUT2D eigenvalue weighted by molar-refractivity contribution is 5.89. The molecule has 164 valence electrons. The number of hydrogen-bond donors (Lipinski definition) is 3. The van der Waals surface area contributed by atoms with E-state index in [1.165, 1.54) is 13.0 Å². The van der Waals surface area contributed by atoms with Gasteiger partial charge >= 0.3 is 6.18 Å². The van der Waals surface area contributed by atoms with Crippen molar-refractivity contribution in [3.8, 4) is 5.69 Å². The highest BCUT2D eigenvalue weighted by Crippen LogP contribution is 2.33. The fourth-order valence-electron chi connectivity index (χ4n) is 3.29. The van der Waals surface area contributed by atoms with Crippen LogP contribution in [-0.4, -0.2) is 27.5 Å². The van der Waals surface area contributed by atoms with Gasteiger partial charge in [0, 0.05) is 37.1 Å². The number of nitrogens with zero attached hydrogens (tertiary/aromatic N) is 3. The van der Waals surface area contributed by atoms with Crippen molar-refractivity contribution in [2.24, 2.45) is 0 Å². The van der Waals surface area contributed by atoms with E-state index in [0.717, 1.165) is 17.8 Å². The maximum atomic E-state index is 13.2. The van der Waals surface area contributed by atoms with Gasteiger partial charge in [0.1, 0.15) is 11.3 Å². The van der Waals surface area contributed by atoms with Crippen LogP contribution in [0.4, 0.5) is 36.3 Å². The number of alkyl halides is 3. The Balaban J connectivity index is 1.72. The molecule has 2 aromatic carbocycles. The van der Waals surface area contributed by atoms with E-state index in [4.69, 9.17) is 0 Å². The third-order valence-corrected chi connectivity index (χ3v) is 4.67. The van der Waals surface area contributed by atoms with Crippen molar-refractivity contribution >= 4 is 40.1 Å². The lowest BCUT2D eigenvalue weighted by atomic mass is 10.2. The fourth-order valence-corrected chi connectivity index (χ4v) is 3.29. The van der Waals surface area contributed by atoms with Crippen LogP contribution in [0.2, 0.25) is 0 Å². The van der Waals surface area contributed by atoms with Gasteiger partial charge in [-0.05, 0) is 42.5 Å². The lowest BCUT2D eigenvalue weighted by molar-refractivity contribution is -0.137. The quantitative estimate of drug-likeness (QED) is 0.398. The number of rotatable bonds is 5. The van der Waals surface area contributed by atoms with Crippen molar-refractivity contribution in [3.63, 3.8) is 0 Å².